The molecule has 172 valence electrons. The van der Waals surface area contributed by atoms with Gasteiger partial charge in [0.15, 0.2) is 0 Å². The van der Waals surface area contributed by atoms with E-state index in [2.05, 4.69) is 49.5 Å². The molecular weight excluding hydrogens is 410 g/mol. The molecule has 0 amide bonds. The summed E-state index contributed by atoms with van der Waals surface area (Å²) in [5, 5.41) is 13.8. The van der Waals surface area contributed by atoms with Crippen LogP contribution in [0.25, 0.3) is 10.9 Å². The summed E-state index contributed by atoms with van der Waals surface area (Å²) in [5.74, 6) is 0.865. The maximum absolute atomic E-state index is 12.9. The number of ether oxygens (including phenoxy) is 1. The molecule has 2 aromatic carbocycles. The van der Waals surface area contributed by atoms with Crippen LogP contribution in [0.3, 0.4) is 0 Å². The van der Waals surface area contributed by atoms with E-state index in [1.165, 1.54) is 16.7 Å². The Bertz CT molecular complexity index is 1210. The van der Waals surface area contributed by atoms with E-state index in [0.717, 1.165) is 42.4 Å². The molecule has 5 nitrogen and oxygen atoms in total. The van der Waals surface area contributed by atoms with Crippen LogP contribution >= 0.6 is 0 Å². The maximum Gasteiger partial charge on any atom is 0.418 e. The Balaban J connectivity index is 1.70. The fraction of sp³-hybridized carbons (Fsp3) is 0.429. The molecule has 1 aromatic heterocycles. The van der Waals surface area contributed by atoms with Crippen LogP contribution in [0.5, 0.6) is 0 Å². The van der Waals surface area contributed by atoms with Crippen molar-refractivity contribution < 1.29 is 9.53 Å². The highest BCUT2D eigenvalue weighted by molar-refractivity contribution is 5.94. The number of hydrogen-bond acceptors (Lipinski definition) is 4. The Morgan fingerprint density at radius 2 is 1.91 bits per heavy atom. The van der Waals surface area contributed by atoms with Gasteiger partial charge in [-0.3, -0.25) is 4.57 Å². The molecule has 2 atom stereocenters. The van der Waals surface area contributed by atoms with E-state index in [1.54, 1.807) is 4.57 Å². The number of nitrogens with one attached hydrogen (secondary N) is 1. The van der Waals surface area contributed by atoms with E-state index >= 15 is 0 Å². The molecule has 0 radical (unpaired) electrons. The lowest BCUT2D eigenvalue weighted by Crippen LogP contribution is -2.36. The van der Waals surface area contributed by atoms with E-state index < -0.39 is 5.60 Å². The van der Waals surface area contributed by atoms with Gasteiger partial charge in [0.25, 0.3) is 0 Å². The van der Waals surface area contributed by atoms with E-state index in [9.17, 15) is 4.79 Å². The summed E-state index contributed by atoms with van der Waals surface area (Å²) in [4.78, 5) is 12.9. The molecule has 1 aliphatic rings. The van der Waals surface area contributed by atoms with Crippen LogP contribution in [0, 0.1) is 31.1 Å². The molecule has 2 heterocycles. The van der Waals surface area contributed by atoms with E-state index in [0.29, 0.717) is 17.4 Å². The van der Waals surface area contributed by atoms with E-state index in [4.69, 9.17) is 10.00 Å². The van der Waals surface area contributed by atoms with Crippen molar-refractivity contribution in [1.29, 1.82) is 5.26 Å². The van der Waals surface area contributed by atoms with Gasteiger partial charge < -0.3 is 10.1 Å². The summed E-state index contributed by atoms with van der Waals surface area (Å²) < 4.78 is 7.30. The number of carbonyl (C=O) groups excluding carboxylic acids is 1. The summed E-state index contributed by atoms with van der Waals surface area (Å²) in [6.45, 7) is 11.8. The van der Waals surface area contributed by atoms with Crippen LogP contribution in [0.15, 0.2) is 42.6 Å². The second-order valence-electron chi connectivity index (χ2n) is 10.2. The summed E-state index contributed by atoms with van der Waals surface area (Å²) in [7, 11) is 0. The van der Waals surface area contributed by atoms with Crippen LogP contribution in [-0.2, 0) is 11.2 Å². The summed E-state index contributed by atoms with van der Waals surface area (Å²) >= 11 is 0. The number of fused-ring (bicyclic) bond motifs is 1. The largest absolute Gasteiger partial charge is 0.443 e. The molecule has 0 bridgehead atoms. The molecule has 0 spiro atoms. The number of hydrogen-bond donors (Lipinski definition) is 1. The average Bonchev–Trinajstić information content (AvgIpc) is 3.22. The molecule has 1 fully saturated rings. The Hall–Kier alpha value is -3.10. The number of benzene rings is 2. The third kappa shape index (κ3) is 4.82. The minimum Gasteiger partial charge on any atom is -0.443 e. The number of aromatic nitrogens is 1. The monoisotopic (exact) mass is 443 g/mol. The van der Waals surface area contributed by atoms with Crippen LogP contribution < -0.4 is 5.32 Å². The second kappa shape index (κ2) is 9.03. The van der Waals surface area contributed by atoms with Gasteiger partial charge in [-0.2, -0.15) is 5.26 Å². The second-order valence-corrected chi connectivity index (χ2v) is 10.2. The molecule has 0 saturated carbocycles. The first-order valence-corrected chi connectivity index (χ1v) is 11.7. The maximum atomic E-state index is 12.9. The van der Waals surface area contributed by atoms with E-state index in [1.807, 2.05) is 39.1 Å². The van der Waals surface area contributed by atoms with Crippen LogP contribution in [0.1, 0.15) is 60.9 Å². The van der Waals surface area contributed by atoms with Crippen molar-refractivity contribution in [2.75, 3.05) is 13.1 Å². The third-order valence-corrected chi connectivity index (χ3v) is 6.64. The van der Waals surface area contributed by atoms with Crippen molar-refractivity contribution in [3.63, 3.8) is 0 Å². The topological polar surface area (TPSA) is 67.0 Å². The minimum absolute atomic E-state index is 0.340. The summed E-state index contributed by atoms with van der Waals surface area (Å²) in [6.07, 6.45) is 3.54. The highest BCUT2D eigenvalue weighted by Crippen LogP contribution is 2.36. The fourth-order valence-corrected chi connectivity index (χ4v) is 5.12. The zero-order chi connectivity index (χ0) is 23.8. The predicted octanol–water partition coefficient (Wildman–Crippen LogP) is 5.85. The summed E-state index contributed by atoms with van der Waals surface area (Å²) in [5.41, 5.74) is 6.02. The van der Waals surface area contributed by atoms with Crippen LogP contribution in [-0.4, -0.2) is 29.4 Å². The first-order valence-electron chi connectivity index (χ1n) is 11.7. The van der Waals surface area contributed by atoms with Crippen molar-refractivity contribution >= 4 is 17.0 Å². The zero-order valence-corrected chi connectivity index (χ0v) is 20.2. The number of aryl methyl sites for hydroxylation is 2. The number of piperidine rings is 1. The summed E-state index contributed by atoms with van der Waals surface area (Å²) in [6, 6.07) is 14.5. The molecular formula is C28H33N3O2. The Morgan fingerprint density at radius 1 is 1.18 bits per heavy atom. The van der Waals surface area contributed by atoms with Crippen molar-refractivity contribution in [3.8, 4) is 6.07 Å². The van der Waals surface area contributed by atoms with Gasteiger partial charge in [0.2, 0.25) is 0 Å². The first kappa shape index (κ1) is 23.1. The van der Waals surface area contributed by atoms with Gasteiger partial charge in [0.05, 0.1) is 17.1 Å². The number of rotatable bonds is 3. The third-order valence-electron chi connectivity index (χ3n) is 6.64. The lowest BCUT2D eigenvalue weighted by molar-refractivity contribution is 0.0544. The lowest BCUT2D eigenvalue weighted by atomic mass is 9.77. The molecule has 0 unspecified atom stereocenters. The van der Waals surface area contributed by atoms with Gasteiger partial charge in [-0.05, 0) is 106 Å². The van der Waals surface area contributed by atoms with E-state index in [-0.39, 0.29) is 6.09 Å². The van der Waals surface area contributed by atoms with Gasteiger partial charge in [0.1, 0.15) is 5.60 Å². The molecule has 0 aliphatic carbocycles. The predicted molar refractivity (Wildman–Crippen MR) is 132 cm³/mol. The molecule has 5 heteroatoms. The van der Waals surface area contributed by atoms with Gasteiger partial charge >= 0.3 is 6.09 Å². The molecule has 3 aromatic rings. The van der Waals surface area contributed by atoms with Crippen molar-refractivity contribution in [2.24, 2.45) is 5.92 Å². The Labute approximate surface area is 196 Å². The van der Waals surface area contributed by atoms with Crippen molar-refractivity contribution in [3.05, 3.63) is 70.4 Å². The van der Waals surface area contributed by atoms with Gasteiger partial charge in [-0.15, -0.1) is 0 Å². The van der Waals surface area contributed by atoms with Gasteiger partial charge in [-0.25, -0.2) is 4.79 Å². The highest BCUT2D eigenvalue weighted by Gasteiger charge is 2.28. The Morgan fingerprint density at radius 3 is 2.58 bits per heavy atom. The highest BCUT2D eigenvalue weighted by atomic mass is 16.6. The smallest absolute Gasteiger partial charge is 0.418 e. The molecule has 1 aliphatic heterocycles. The zero-order valence-electron chi connectivity index (χ0n) is 20.2. The standard InChI is InChI=1S/C28H33N3O2/c1-18-14-19(2)26-23(11-13-31(26)27(32)33-28(3,4)5)24(18)15-22-10-12-30-17-25(22)21-8-6-20(16-29)7-9-21/h6-9,11,13-14,22,25,30H,10,12,15,17H2,1-5H3/t22-,25-/m0/s1. The molecule has 4 rings (SSSR count). The van der Waals surface area contributed by atoms with Crippen molar-refractivity contribution in [1.82, 2.24) is 9.88 Å². The van der Waals surface area contributed by atoms with Crippen LogP contribution in [0.4, 0.5) is 4.79 Å². The quantitative estimate of drug-likeness (QED) is 0.551. The number of nitrogens with zero attached hydrogens (tertiary/aromatic N) is 2. The average molecular weight is 444 g/mol. The number of carbonyl (C=O) groups is 1. The Kier molecular flexibility index (Phi) is 6.32. The fourth-order valence-electron chi connectivity index (χ4n) is 5.12. The van der Waals surface area contributed by atoms with Crippen molar-refractivity contribution in [2.45, 2.75) is 59.0 Å². The molecule has 33 heavy (non-hydrogen) atoms. The minimum atomic E-state index is -0.543. The van der Waals surface area contributed by atoms with Gasteiger partial charge in [-0.1, -0.05) is 18.2 Å². The SMILES string of the molecule is Cc1cc(C)c2c(ccn2C(=O)OC(C)(C)C)c1C[C@@H]1CCNC[C@H]1c1ccc(C#N)cc1. The van der Waals surface area contributed by atoms with Crippen LogP contribution in [0.2, 0.25) is 0 Å². The first-order chi connectivity index (χ1) is 15.7. The van der Waals surface area contributed by atoms with Gasteiger partial charge in [0, 0.05) is 18.1 Å². The normalized spacial score (nSPS) is 18.8. The molecule has 1 N–H and O–H groups in total. The molecule has 1 saturated heterocycles. The number of nitriles is 1. The lowest BCUT2D eigenvalue weighted by Gasteiger charge is -2.33.